The number of anilines is 1. The van der Waals surface area contributed by atoms with Crippen molar-refractivity contribution in [1.82, 2.24) is 25.1 Å². The Hall–Kier alpha value is -3.07. The Kier molecular flexibility index (Phi) is 4.83. The first-order valence-corrected chi connectivity index (χ1v) is 11.7. The molecule has 2 unspecified atom stereocenters. The summed E-state index contributed by atoms with van der Waals surface area (Å²) in [4.78, 5) is 19.1. The van der Waals surface area contributed by atoms with Gasteiger partial charge in [0.1, 0.15) is 11.9 Å². The Morgan fingerprint density at radius 3 is 2.82 bits per heavy atom. The highest BCUT2D eigenvalue weighted by atomic mass is 19.1. The summed E-state index contributed by atoms with van der Waals surface area (Å²) in [5, 5.41) is 23.8. The highest BCUT2D eigenvalue weighted by molar-refractivity contribution is 5.88. The van der Waals surface area contributed by atoms with Crippen LogP contribution in [-0.4, -0.2) is 55.2 Å². The van der Waals surface area contributed by atoms with E-state index < -0.39 is 6.17 Å². The number of halogens is 1. The van der Waals surface area contributed by atoms with Crippen LogP contribution >= 0.6 is 0 Å². The molecule has 2 bridgehead atoms. The van der Waals surface area contributed by atoms with Crippen molar-refractivity contribution >= 4 is 16.6 Å². The number of phenols is 1. The second-order valence-corrected chi connectivity index (χ2v) is 9.62. The number of nitrogens with one attached hydrogen (secondary N) is 1. The molecule has 33 heavy (non-hydrogen) atoms. The Morgan fingerprint density at radius 2 is 2.06 bits per heavy atom. The molecule has 4 heterocycles. The van der Waals surface area contributed by atoms with Crippen molar-refractivity contribution in [3.63, 3.8) is 0 Å². The van der Waals surface area contributed by atoms with Crippen LogP contribution in [0.15, 0.2) is 35.4 Å². The van der Waals surface area contributed by atoms with E-state index in [1.807, 2.05) is 0 Å². The summed E-state index contributed by atoms with van der Waals surface area (Å²) in [7, 11) is 1.68. The van der Waals surface area contributed by atoms with E-state index in [0.717, 1.165) is 38.5 Å². The lowest BCUT2D eigenvalue weighted by atomic mass is 9.82. The number of aromatic hydroxyl groups is 1. The van der Waals surface area contributed by atoms with E-state index in [0.29, 0.717) is 28.2 Å². The molecule has 2 N–H and O–H groups in total. The smallest absolute Gasteiger partial charge is 0.258 e. The molecule has 3 fully saturated rings. The number of hydrogen-bond donors (Lipinski definition) is 2. The van der Waals surface area contributed by atoms with Gasteiger partial charge in [-0.25, -0.2) is 9.37 Å². The molecule has 2 aromatic heterocycles. The van der Waals surface area contributed by atoms with E-state index in [1.165, 1.54) is 4.57 Å². The maximum Gasteiger partial charge on any atom is 0.258 e. The number of pyridine rings is 1. The highest BCUT2D eigenvalue weighted by Crippen LogP contribution is 2.39. The Bertz CT molecular complexity index is 1260. The number of hydrogen-bond acceptors (Lipinski definition) is 7. The Morgan fingerprint density at radius 1 is 1.21 bits per heavy atom. The fourth-order valence-corrected chi connectivity index (χ4v) is 5.49. The summed E-state index contributed by atoms with van der Waals surface area (Å²) in [5.74, 6) is 0.795. The summed E-state index contributed by atoms with van der Waals surface area (Å²) in [6.45, 7) is 0. The van der Waals surface area contributed by atoms with E-state index >= 15 is 4.39 Å². The van der Waals surface area contributed by atoms with Crippen molar-refractivity contribution < 1.29 is 9.50 Å². The van der Waals surface area contributed by atoms with Crippen LogP contribution in [0.2, 0.25) is 0 Å². The van der Waals surface area contributed by atoms with Gasteiger partial charge in [0.2, 0.25) is 0 Å². The molecule has 3 aliphatic rings. The number of aryl methyl sites for hydroxylation is 1. The molecule has 0 radical (unpaired) electrons. The van der Waals surface area contributed by atoms with Crippen molar-refractivity contribution in [2.24, 2.45) is 7.05 Å². The number of benzene rings is 1. The van der Waals surface area contributed by atoms with Crippen molar-refractivity contribution in [2.45, 2.75) is 68.9 Å². The van der Waals surface area contributed by atoms with E-state index in [4.69, 9.17) is 0 Å². The number of phenolic OH excluding ortho intramolecular Hbond substituents is 1. The largest absolute Gasteiger partial charge is 0.507 e. The normalized spacial score (nSPS) is 27.0. The Labute approximate surface area is 190 Å². The van der Waals surface area contributed by atoms with Crippen LogP contribution in [0.1, 0.15) is 38.5 Å². The van der Waals surface area contributed by atoms with Crippen LogP contribution in [-0.2, 0) is 7.05 Å². The summed E-state index contributed by atoms with van der Waals surface area (Å²) in [5.41, 5.74) is 0.186. The lowest BCUT2D eigenvalue weighted by Gasteiger charge is -2.47. The minimum atomic E-state index is -0.954. The van der Waals surface area contributed by atoms with Gasteiger partial charge in [-0.05, 0) is 55.7 Å². The lowest BCUT2D eigenvalue weighted by Crippen LogP contribution is -2.62. The van der Waals surface area contributed by atoms with Gasteiger partial charge >= 0.3 is 0 Å². The molecule has 1 saturated carbocycles. The van der Waals surface area contributed by atoms with Crippen LogP contribution in [0.3, 0.4) is 0 Å². The van der Waals surface area contributed by atoms with Crippen LogP contribution in [0, 0.1) is 0 Å². The quantitative estimate of drug-likeness (QED) is 0.631. The predicted octanol–water partition coefficient (Wildman–Crippen LogP) is 2.69. The number of aromatic nitrogens is 4. The first kappa shape index (κ1) is 20.5. The van der Waals surface area contributed by atoms with E-state index in [9.17, 15) is 9.90 Å². The van der Waals surface area contributed by atoms with Gasteiger partial charge in [0, 0.05) is 36.8 Å². The van der Waals surface area contributed by atoms with Gasteiger partial charge in [0.25, 0.3) is 5.56 Å². The molecule has 2 saturated heterocycles. The first-order chi connectivity index (χ1) is 16.0. The fourth-order valence-electron chi connectivity index (χ4n) is 5.49. The molecule has 4 atom stereocenters. The van der Waals surface area contributed by atoms with Gasteiger partial charge < -0.3 is 19.9 Å². The van der Waals surface area contributed by atoms with Gasteiger partial charge in [-0.3, -0.25) is 4.79 Å². The number of fused-ring (bicyclic) bond motifs is 3. The average molecular weight is 451 g/mol. The van der Waals surface area contributed by atoms with E-state index in [-0.39, 0.29) is 35.3 Å². The second-order valence-electron chi connectivity index (χ2n) is 9.62. The van der Waals surface area contributed by atoms with Crippen molar-refractivity contribution in [1.29, 1.82) is 0 Å². The van der Waals surface area contributed by atoms with Gasteiger partial charge in [-0.15, -0.1) is 10.2 Å². The zero-order valence-electron chi connectivity index (χ0n) is 18.5. The molecule has 3 aromatic rings. The zero-order chi connectivity index (χ0) is 22.7. The molecular formula is C24H27FN6O2. The summed E-state index contributed by atoms with van der Waals surface area (Å²) in [6.07, 6.45) is 8.16. The molecule has 1 aliphatic carbocycles. The Balaban J connectivity index is 1.34. The third kappa shape index (κ3) is 3.55. The van der Waals surface area contributed by atoms with E-state index in [2.05, 4.69) is 25.4 Å². The molecule has 8 nitrogen and oxygen atoms in total. The van der Waals surface area contributed by atoms with Crippen LogP contribution in [0.5, 0.6) is 5.75 Å². The molecule has 6 rings (SSSR count). The number of rotatable bonds is 4. The minimum Gasteiger partial charge on any atom is -0.507 e. The van der Waals surface area contributed by atoms with Crippen molar-refractivity contribution in [3.8, 4) is 17.1 Å². The fraction of sp³-hybridized carbons (Fsp3) is 0.500. The summed E-state index contributed by atoms with van der Waals surface area (Å²) < 4.78 is 16.9. The average Bonchev–Trinajstić information content (AvgIpc) is 3.66. The second kappa shape index (κ2) is 7.76. The summed E-state index contributed by atoms with van der Waals surface area (Å²) in [6, 6.07) is 5.21. The van der Waals surface area contributed by atoms with Gasteiger partial charge in [0.15, 0.2) is 11.6 Å². The topological polar surface area (TPSA) is 96.2 Å². The maximum absolute atomic E-state index is 15.4. The molecule has 2 aliphatic heterocycles. The van der Waals surface area contributed by atoms with Gasteiger partial charge in [-0.2, -0.15) is 0 Å². The minimum absolute atomic E-state index is 0.0145. The monoisotopic (exact) mass is 450 g/mol. The predicted molar refractivity (Wildman–Crippen MR) is 123 cm³/mol. The van der Waals surface area contributed by atoms with Gasteiger partial charge in [-0.1, -0.05) is 6.42 Å². The molecule has 172 valence electrons. The first-order valence-electron chi connectivity index (χ1n) is 11.7. The van der Waals surface area contributed by atoms with Crippen LogP contribution in [0.25, 0.3) is 22.2 Å². The van der Waals surface area contributed by atoms with Crippen molar-refractivity contribution in [2.75, 3.05) is 4.90 Å². The lowest BCUT2D eigenvalue weighted by molar-refractivity contribution is 0.104. The standard InChI is InChI=1S/C24H27FN6O2/c1-30-8-7-13-9-20(32)17(11-16(13)24(30)33)23-26-12-21(28-29-23)31(15-5-6-15)19-10-14-3-2-4-18(27-14)22(19)25/h7-9,11-12,14-15,18-19,22,27,32H,2-6,10H2,1H3/t14?,18?,19-,22+/m1/s1. The third-order valence-corrected chi connectivity index (χ3v) is 7.34. The summed E-state index contributed by atoms with van der Waals surface area (Å²) >= 11 is 0. The number of alkyl halides is 1. The number of piperidine rings is 2. The SMILES string of the molecule is Cn1ccc2cc(O)c(-c3ncc(N(C4CC4)[C@@H]4CC5CCCC(N5)[C@@H]4F)nn3)cc2c1=O. The van der Waals surface area contributed by atoms with E-state index in [1.54, 1.807) is 37.6 Å². The molecule has 0 spiro atoms. The van der Waals surface area contributed by atoms with Crippen LogP contribution < -0.4 is 15.8 Å². The van der Waals surface area contributed by atoms with Crippen LogP contribution in [0.4, 0.5) is 10.2 Å². The third-order valence-electron chi connectivity index (χ3n) is 7.34. The highest BCUT2D eigenvalue weighted by Gasteiger charge is 2.46. The zero-order valence-corrected chi connectivity index (χ0v) is 18.5. The molecule has 0 amide bonds. The van der Waals surface area contributed by atoms with Crippen molar-refractivity contribution in [3.05, 3.63) is 40.9 Å². The molecule has 1 aromatic carbocycles. The van der Waals surface area contributed by atoms with Gasteiger partial charge in [0.05, 0.1) is 17.8 Å². The number of nitrogens with zero attached hydrogens (tertiary/aromatic N) is 5. The maximum atomic E-state index is 15.4. The molecule has 9 heteroatoms. The molecular weight excluding hydrogens is 423 g/mol.